The van der Waals surface area contributed by atoms with Gasteiger partial charge in [-0.25, -0.2) is 0 Å². The summed E-state index contributed by atoms with van der Waals surface area (Å²) < 4.78 is 10.4. The number of methoxy groups -OCH3 is 2. The standard InChI is InChI=1S/C20H24O5/c1-24-17-7-3-5-14(10-17)9-16(13-21)19(20(22)23)12-15-6-4-8-18(11-15)25-2/h3-8,10-11,16,19,21H,9,12-13H2,1-2H3,(H,22,23). The van der Waals surface area contributed by atoms with Gasteiger partial charge in [0, 0.05) is 6.61 Å². The van der Waals surface area contributed by atoms with Crippen molar-refractivity contribution in [3.8, 4) is 11.5 Å². The molecule has 0 saturated heterocycles. The van der Waals surface area contributed by atoms with Crippen molar-refractivity contribution >= 4 is 5.97 Å². The number of carboxylic acid groups (broad SMARTS) is 1. The number of hydrogen-bond acceptors (Lipinski definition) is 4. The third kappa shape index (κ3) is 5.22. The molecule has 0 spiro atoms. The van der Waals surface area contributed by atoms with Crippen LogP contribution in [0.25, 0.3) is 0 Å². The minimum atomic E-state index is -0.912. The van der Waals surface area contributed by atoms with E-state index in [1.807, 2.05) is 48.5 Å². The van der Waals surface area contributed by atoms with Gasteiger partial charge in [-0.3, -0.25) is 4.79 Å². The molecule has 2 unspecified atom stereocenters. The highest BCUT2D eigenvalue weighted by Crippen LogP contribution is 2.25. The monoisotopic (exact) mass is 344 g/mol. The first-order valence-corrected chi connectivity index (χ1v) is 8.17. The normalized spacial score (nSPS) is 13.1. The Labute approximate surface area is 147 Å². The Bertz CT molecular complexity index is 698. The zero-order chi connectivity index (χ0) is 18.2. The van der Waals surface area contributed by atoms with Crippen LogP contribution in [0.5, 0.6) is 11.5 Å². The highest BCUT2D eigenvalue weighted by molar-refractivity contribution is 5.71. The zero-order valence-electron chi connectivity index (χ0n) is 14.5. The molecule has 2 aromatic carbocycles. The first kappa shape index (κ1) is 18.8. The number of aliphatic hydroxyl groups is 1. The zero-order valence-corrected chi connectivity index (χ0v) is 14.5. The van der Waals surface area contributed by atoms with Gasteiger partial charge in [-0.05, 0) is 54.2 Å². The van der Waals surface area contributed by atoms with Gasteiger partial charge in [-0.15, -0.1) is 0 Å². The van der Waals surface area contributed by atoms with Crippen molar-refractivity contribution in [2.24, 2.45) is 11.8 Å². The second kappa shape index (κ2) is 9.08. The third-order valence-corrected chi connectivity index (χ3v) is 4.34. The van der Waals surface area contributed by atoms with Gasteiger partial charge in [0.05, 0.1) is 20.1 Å². The van der Waals surface area contributed by atoms with Crippen LogP contribution in [-0.4, -0.2) is 37.0 Å². The van der Waals surface area contributed by atoms with E-state index in [1.165, 1.54) is 0 Å². The SMILES string of the molecule is COc1cccc(CC(CO)C(Cc2cccc(OC)c2)C(=O)O)c1. The summed E-state index contributed by atoms with van der Waals surface area (Å²) in [4.78, 5) is 11.8. The average Bonchev–Trinajstić information content (AvgIpc) is 2.64. The van der Waals surface area contributed by atoms with Crippen molar-refractivity contribution in [3.63, 3.8) is 0 Å². The maximum atomic E-state index is 11.8. The lowest BCUT2D eigenvalue weighted by atomic mass is 9.83. The second-order valence-electron chi connectivity index (χ2n) is 6.00. The van der Waals surface area contributed by atoms with E-state index in [0.29, 0.717) is 24.3 Å². The molecular formula is C20H24O5. The summed E-state index contributed by atoms with van der Waals surface area (Å²) in [7, 11) is 3.17. The molecule has 2 aromatic rings. The van der Waals surface area contributed by atoms with Crippen LogP contribution in [-0.2, 0) is 17.6 Å². The number of benzene rings is 2. The minimum absolute atomic E-state index is 0.196. The van der Waals surface area contributed by atoms with Crippen molar-refractivity contribution in [2.45, 2.75) is 12.8 Å². The number of carboxylic acids is 1. The van der Waals surface area contributed by atoms with Crippen LogP contribution in [0, 0.1) is 11.8 Å². The van der Waals surface area contributed by atoms with Crippen LogP contribution < -0.4 is 9.47 Å². The molecule has 0 fully saturated rings. The summed E-state index contributed by atoms with van der Waals surface area (Å²) >= 11 is 0. The van der Waals surface area contributed by atoms with Gasteiger partial charge in [0.1, 0.15) is 11.5 Å². The summed E-state index contributed by atoms with van der Waals surface area (Å²) in [5, 5.41) is 19.5. The van der Waals surface area contributed by atoms with Gasteiger partial charge in [0.25, 0.3) is 0 Å². The fourth-order valence-electron chi connectivity index (χ4n) is 2.95. The molecule has 0 aliphatic rings. The highest BCUT2D eigenvalue weighted by Gasteiger charge is 2.28. The van der Waals surface area contributed by atoms with E-state index in [9.17, 15) is 15.0 Å². The van der Waals surface area contributed by atoms with E-state index in [0.717, 1.165) is 11.1 Å². The van der Waals surface area contributed by atoms with Crippen molar-refractivity contribution in [3.05, 3.63) is 59.7 Å². The first-order valence-electron chi connectivity index (χ1n) is 8.17. The molecule has 0 radical (unpaired) electrons. The second-order valence-corrected chi connectivity index (χ2v) is 6.00. The van der Waals surface area contributed by atoms with Crippen molar-refractivity contribution in [1.82, 2.24) is 0 Å². The third-order valence-electron chi connectivity index (χ3n) is 4.34. The molecule has 0 aromatic heterocycles. The van der Waals surface area contributed by atoms with Crippen LogP contribution in [0.2, 0.25) is 0 Å². The Morgan fingerprint density at radius 3 is 1.92 bits per heavy atom. The van der Waals surface area contributed by atoms with Gasteiger partial charge < -0.3 is 19.7 Å². The van der Waals surface area contributed by atoms with Gasteiger partial charge in [0.2, 0.25) is 0 Å². The Kier molecular flexibility index (Phi) is 6.83. The topological polar surface area (TPSA) is 76.0 Å². The average molecular weight is 344 g/mol. The molecule has 0 heterocycles. The smallest absolute Gasteiger partial charge is 0.307 e. The van der Waals surface area contributed by atoms with E-state index < -0.39 is 17.8 Å². The Hall–Kier alpha value is -2.53. The summed E-state index contributed by atoms with van der Waals surface area (Å²) in [6.07, 6.45) is 0.802. The molecule has 2 N–H and O–H groups in total. The molecule has 5 nitrogen and oxygen atoms in total. The fourth-order valence-corrected chi connectivity index (χ4v) is 2.95. The molecule has 134 valence electrons. The molecule has 0 aliphatic carbocycles. The van der Waals surface area contributed by atoms with Crippen LogP contribution in [0.3, 0.4) is 0 Å². The van der Waals surface area contributed by atoms with E-state index in [2.05, 4.69) is 0 Å². The number of rotatable bonds is 9. The van der Waals surface area contributed by atoms with Crippen molar-refractivity contribution in [2.75, 3.05) is 20.8 Å². The first-order chi connectivity index (χ1) is 12.1. The largest absolute Gasteiger partial charge is 0.497 e. The summed E-state index contributed by atoms with van der Waals surface area (Å²) in [6.45, 7) is -0.196. The molecule has 2 atom stereocenters. The minimum Gasteiger partial charge on any atom is -0.497 e. The molecule has 5 heteroatoms. The Balaban J connectivity index is 2.18. The van der Waals surface area contributed by atoms with E-state index in [-0.39, 0.29) is 6.61 Å². The summed E-state index contributed by atoms with van der Waals surface area (Å²) in [5.41, 5.74) is 1.81. The highest BCUT2D eigenvalue weighted by atomic mass is 16.5. The van der Waals surface area contributed by atoms with Crippen molar-refractivity contribution < 1.29 is 24.5 Å². The number of ether oxygens (including phenoxy) is 2. The number of hydrogen-bond donors (Lipinski definition) is 2. The molecule has 0 aliphatic heterocycles. The molecule has 0 bridgehead atoms. The van der Waals surface area contributed by atoms with Crippen molar-refractivity contribution in [1.29, 1.82) is 0 Å². The lowest BCUT2D eigenvalue weighted by molar-refractivity contribution is -0.144. The van der Waals surface area contributed by atoms with E-state index >= 15 is 0 Å². The maximum Gasteiger partial charge on any atom is 0.307 e. The Morgan fingerprint density at radius 1 is 0.960 bits per heavy atom. The van der Waals surface area contributed by atoms with E-state index in [4.69, 9.17) is 9.47 Å². The maximum absolute atomic E-state index is 11.8. The molecular weight excluding hydrogens is 320 g/mol. The van der Waals surface area contributed by atoms with Crippen LogP contribution in [0.15, 0.2) is 48.5 Å². The molecule has 0 saturated carbocycles. The number of carbonyl (C=O) groups is 1. The molecule has 2 rings (SSSR count). The predicted molar refractivity (Wildman–Crippen MR) is 95.1 cm³/mol. The fraction of sp³-hybridized carbons (Fsp3) is 0.350. The summed E-state index contributed by atoms with van der Waals surface area (Å²) in [6, 6.07) is 14.8. The van der Waals surface area contributed by atoms with E-state index in [1.54, 1.807) is 14.2 Å². The van der Waals surface area contributed by atoms with Gasteiger partial charge >= 0.3 is 5.97 Å². The molecule has 0 amide bonds. The lowest BCUT2D eigenvalue weighted by Crippen LogP contribution is -2.30. The quantitative estimate of drug-likeness (QED) is 0.731. The van der Waals surface area contributed by atoms with Gasteiger partial charge in [-0.1, -0.05) is 24.3 Å². The number of aliphatic hydroxyl groups excluding tert-OH is 1. The lowest BCUT2D eigenvalue weighted by Gasteiger charge is -2.23. The molecule has 25 heavy (non-hydrogen) atoms. The number of aliphatic carboxylic acids is 1. The van der Waals surface area contributed by atoms with Crippen LogP contribution in [0.4, 0.5) is 0 Å². The van der Waals surface area contributed by atoms with Gasteiger partial charge in [0.15, 0.2) is 0 Å². The Morgan fingerprint density at radius 2 is 1.48 bits per heavy atom. The van der Waals surface area contributed by atoms with Crippen LogP contribution >= 0.6 is 0 Å². The summed E-state index contributed by atoms with van der Waals surface area (Å²) in [5.74, 6) is -0.590. The predicted octanol–water partition coefficient (Wildman–Crippen LogP) is 2.80. The van der Waals surface area contributed by atoms with Gasteiger partial charge in [-0.2, -0.15) is 0 Å². The van der Waals surface area contributed by atoms with Crippen LogP contribution in [0.1, 0.15) is 11.1 Å².